The summed E-state index contributed by atoms with van der Waals surface area (Å²) in [5.41, 5.74) is 4.78. The monoisotopic (exact) mass is 535 g/mol. The average Bonchev–Trinajstić information content (AvgIpc) is 2.79. The number of rotatable bonds is 11. The number of nitrogens with two attached hydrogens (primary N) is 1. The third-order valence-electron chi connectivity index (χ3n) is 5.86. The van der Waals surface area contributed by atoms with Gasteiger partial charge >= 0.3 is 6.09 Å². The number of carbonyl (C=O) groups excluding carboxylic acids is 2. The summed E-state index contributed by atoms with van der Waals surface area (Å²) < 4.78 is 65.1. The summed E-state index contributed by atoms with van der Waals surface area (Å²) >= 11 is 0. The Hall–Kier alpha value is -2.51. The van der Waals surface area contributed by atoms with Crippen molar-refractivity contribution in [2.45, 2.75) is 76.0 Å². The molecule has 2 amide bonds. The van der Waals surface area contributed by atoms with Crippen LogP contribution in [0.3, 0.4) is 0 Å². The third-order valence-corrected chi connectivity index (χ3v) is 5.86. The summed E-state index contributed by atoms with van der Waals surface area (Å²) in [4.78, 5) is 29.7. The molecular weight excluding hydrogens is 498 g/mol. The van der Waals surface area contributed by atoms with Gasteiger partial charge in [0.05, 0.1) is 25.7 Å². The van der Waals surface area contributed by atoms with Crippen LogP contribution in [0.5, 0.6) is 0 Å². The van der Waals surface area contributed by atoms with Crippen molar-refractivity contribution in [1.29, 1.82) is 0 Å². The molecule has 1 aromatic rings. The lowest BCUT2D eigenvalue weighted by Gasteiger charge is -2.33. The number of ether oxygens (including phenoxy) is 2. The lowest BCUT2D eigenvalue weighted by molar-refractivity contribution is -0.121. The molecule has 1 heterocycles. The molecule has 0 bridgehead atoms. The normalized spacial score (nSPS) is 18.1. The van der Waals surface area contributed by atoms with Gasteiger partial charge in [0.25, 0.3) is 5.92 Å². The number of alkyl carbamates (subject to hydrolysis) is 1. The lowest BCUT2D eigenvalue weighted by Crippen LogP contribution is -2.51. The Balaban J connectivity index is 2.19. The van der Waals surface area contributed by atoms with Crippen molar-refractivity contribution in [2.24, 2.45) is 11.7 Å². The van der Waals surface area contributed by atoms with Crippen molar-refractivity contribution in [3.05, 3.63) is 23.9 Å². The van der Waals surface area contributed by atoms with E-state index in [4.69, 9.17) is 15.2 Å². The molecule has 9 nitrogen and oxygen atoms in total. The van der Waals surface area contributed by atoms with Gasteiger partial charge in [-0.1, -0.05) is 0 Å². The Morgan fingerprint density at radius 3 is 2.46 bits per heavy atom. The molecule has 1 aliphatic carbocycles. The fraction of sp³-hybridized carbons (Fsp3) is 0.708. The van der Waals surface area contributed by atoms with E-state index in [1.54, 1.807) is 26.8 Å². The molecular formula is C24H37F4N5O4. The molecule has 0 saturated heterocycles. The number of alkyl halides is 4. The molecule has 0 aromatic carbocycles. The van der Waals surface area contributed by atoms with E-state index in [2.05, 4.69) is 20.9 Å². The van der Waals surface area contributed by atoms with Gasteiger partial charge in [0, 0.05) is 26.1 Å². The van der Waals surface area contributed by atoms with Crippen LogP contribution in [-0.4, -0.2) is 67.3 Å². The molecule has 1 aromatic heterocycles. The molecule has 13 heteroatoms. The van der Waals surface area contributed by atoms with Crippen molar-refractivity contribution in [1.82, 2.24) is 15.6 Å². The van der Waals surface area contributed by atoms with E-state index in [1.165, 1.54) is 19.4 Å². The van der Waals surface area contributed by atoms with E-state index in [0.29, 0.717) is 5.56 Å². The van der Waals surface area contributed by atoms with E-state index in [1.807, 2.05) is 0 Å². The zero-order chi connectivity index (χ0) is 27.9. The van der Waals surface area contributed by atoms with Gasteiger partial charge < -0.3 is 31.2 Å². The molecule has 1 fully saturated rings. The van der Waals surface area contributed by atoms with Crippen molar-refractivity contribution in [3.63, 3.8) is 0 Å². The fourth-order valence-corrected chi connectivity index (χ4v) is 3.95. The molecule has 37 heavy (non-hydrogen) atoms. The van der Waals surface area contributed by atoms with Crippen LogP contribution in [0.1, 0.15) is 58.1 Å². The van der Waals surface area contributed by atoms with Crippen molar-refractivity contribution >= 4 is 17.8 Å². The van der Waals surface area contributed by atoms with Crippen LogP contribution < -0.4 is 21.7 Å². The minimum atomic E-state index is -3.12. The first-order valence-electron chi connectivity index (χ1n) is 12.1. The van der Waals surface area contributed by atoms with Crippen molar-refractivity contribution in [3.8, 4) is 0 Å². The van der Waals surface area contributed by atoms with Crippen LogP contribution in [0.2, 0.25) is 0 Å². The summed E-state index contributed by atoms with van der Waals surface area (Å²) in [6.45, 7) is 3.52. The van der Waals surface area contributed by atoms with Gasteiger partial charge in [-0.3, -0.25) is 4.79 Å². The summed E-state index contributed by atoms with van der Waals surface area (Å²) in [7, 11) is 1.42. The number of pyridine rings is 1. The highest BCUT2D eigenvalue weighted by molar-refractivity contribution is 5.96. The maximum Gasteiger partial charge on any atom is 0.408 e. The first kappa shape index (κ1) is 30.7. The van der Waals surface area contributed by atoms with E-state index in [-0.39, 0.29) is 25.3 Å². The number of aromatic nitrogens is 1. The first-order valence-corrected chi connectivity index (χ1v) is 12.1. The Bertz CT molecular complexity index is 903. The largest absolute Gasteiger partial charge is 0.444 e. The fourth-order valence-electron chi connectivity index (χ4n) is 3.95. The summed E-state index contributed by atoms with van der Waals surface area (Å²) in [5.74, 6) is -7.04. The number of amides is 2. The van der Waals surface area contributed by atoms with Crippen LogP contribution in [0.4, 0.5) is 28.2 Å². The number of hydrogen-bond donors (Lipinski definition) is 4. The SMILES string of the molecule is COCC(NCC(F)(F)CN)c1ccnc(NC(=O)[C@H](NC(=O)OC(C)(C)C)C2CCC(F)(F)CC2)c1. The lowest BCUT2D eigenvalue weighted by atomic mass is 9.81. The van der Waals surface area contributed by atoms with Gasteiger partial charge in [0.2, 0.25) is 11.8 Å². The van der Waals surface area contributed by atoms with Gasteiger partial charge in [-0.25, -0.2) is 27.3 Å². The molecule has 2 atom stereocenters. The maximum atomic E-state index is 13.7. The minimum absolute atomic E-state index is 0.0313. The van der Waals surface area contributed by atoms with Gasteiger partial charge in [0.1, 0.15) is 17.5 Å². The van der Waals surface area contributed by atoms with Crippen LogP contribution in [0, 0.1) is 5.92 Å². The molecule has 0 radical (unpaired) electrons. The number of anilines is 1. The van der Waals surface area contributed by atoms with E-state index in [9.17, 15) is 27.2 Å². The van der Waals surface area contributed by atoms with Crippen LogP contribution in [0.25, 0.3) is 0 Å². The topological polar surface area (TPSA) is 128 Å². The van der Waals surface area contributed by atoms with Gasteiger partial charge in [-0.05, 0) is 57.2 Å². The molecule has 1 unspecified atom stereocenters. The summed E-state index contributed by atoms with van der Waals surface area (Å²) in [6.07, 6.45) is -0.204. The first-order chi connectivity index (χ1) is 17.1. The smallest absolute Gasteiger partial charge is 0.408 e. The van der Waals surface area contributed by atoms with Gasteiger partial charge in [0.15, 0.2) is 0 Å². The predicted octanol–water partition coefficient (Wildman–Crippen LogP) is 3.61. The molecule has 1 saturated carbocycles. The van der Waals surface area contributed by atoms with Gasteiger partial charge in [-0.2, -0.15) is 0 Å². The Morgan fingerprint density at radius 2 is 1.89 bits per heavy atom. The number of hydrogen-bond acceptors (Lipinski definition) is 7. The standard InChI is InChI=1S/C24H37F4N5O4/c1-22(2,3)37-21(35)33-19(15-5-8-23(25,26)9-6-15)20(34)32-18-11-16(7-10-30-18)17(12-36-4)31-14-24(27,28)13-29/h7,10-11,15,17,19,31H,5-6,8-9,12-14,29H2,1-4H3,(H,33,35)(H,30,32,34)/t17?,19-/m1/s1. The number of carbonyl (C=O) groups is 2. The average molecular weight is 536 g/mol. The zero-order valence-corrected chi connectivity index (χ0v) is 21.6. The van der Waals surface area contributed by atoms with Crippen molar-refractivity contribution < 1.29 is 36.6 Å². The number of halogens is 4. The zero-order valence-electron chi connectivity index (χ0n) is 21.6. The Kier molecular flexibility index (Phi) is 10.7. The van der Waals surface area contributed by atoms with Crippen LogP contribution >= 0.6 is 0 Å². The van der Waals surface area contributed by atoms with Gasteiger partial charge in [-0.15, -0.1) is 0 Å². The minimum Gasteiger partial charge on any atom is -0.444 e. The molecule has 210 valence electrons. The van der Waals surface area contributed by atoms with Crippen LogP contribution in [0.15, 0.2) is 18.3 Å². The summed E-state index contributed by atoms with van der Waals surface area (Å²) in [6, 6.07) is 1.26. The Morgan fingerprint density at radius 1 is 1.24 bits per heavy atom. The number of methoxy groups -OCH3 is 1. The van der Waals surface area contributed by atoms with Crippen LogP contribution in [-0.2, 0) is 14.3 Å². The molecule has 5 N–H and O–H groups in total. The summed E-state index contributed by atoms with van der Waals surface area (Å²) in [5, 5.41) is 7.82. The third kappa shape index (κ3) is 10.4. The molecule has 0 aliphatic heterocycles. The maximum absolute atomic E-state index is 13.7. The quantitative estimate of drug-likeness (QED) is 0.319. The Labute approximate surface area is 214 Å². The van der Waals surface area contributed by atoms with E-state index in [0.717, 1.165) is 0 Å². The predicted molar refractivity (Wildman–Crippen MR) is 130 cm³/mol. The number of nitrogens with zero attached hydrogens (tertiary/aromatic N) is 1. The second kappa shape index (κ2) is 12.8. The molecule has 1 aliphatic rings. The van der Waals surface area contributed by atoms with Crippen molar-refractivity contribution in [2.75, 3.05) is 32.1 Å². The number of nitrogens with one attached hydrogen (secondary N) is 3. The van der Waals surface area contributed by atoms with E-state index < -0.39 is 73.4 Å². The second-order valence-electron chi connectivity index (χ2n) is 10.2. The highest BCUT2D eigenvalue weighted by atomic mass is 19.3. The van der Waals surface area contributed by atoms with E-state index >= 15 is 0 Å². The highest BCUT2D eigenvalue weighted by Gasteiger charge is 2.41. The second-order valence-corrected chi connectivity index (χ2v) is 10.2. The molecule has 2 rings (SSSR count). The molecule has 0 spiro atoms. The highest BCUT2D eigenvalue weighted by Crippen LogP contribution is 2.37.